The number of nitrogens with one attached hydrogen (secondary N) is 1. The van der Waals surface area contributed by atoms with Crippen molar-refractivity contribution in [3.63, 3.8) is 0 Å². The Balaban J connectivity index is 0.000000379. The molecule has 0 fully saturated rings. The van der Waals surface area contributed by atoms with Gasteiger partial charge >= 0.3 is 0 Å². The molecular formula is C11H19N3. The van der Waals surface area contributed by atoms with Crippen LogP contribution in [-0.2, 0) is 0 Å². The summed E-state index contributed by atoms with van der Waals surface area (Å²) in [4.78, 5) is 4.11. The largest absolute Gasteiger partial charge is 0.276 e. The SMILES string of the molecule is CC.CC.Cc1cc2cn[nH]c2cn1. The molecule has 14 heavy (non-hydrogen) atoms. The lowest BCUT2D eigenvalue weighted by Gasteiger charge is -1.88. The number of hydrogen-bond donors (Lipinski definition) is 1. The van der Waals surface area contributed by atoms with E-state index in [1.165, 1.54) is 0 Å². The standard InChI is InChI=1S/C7H7N3.2C2H6/c1-5-2-6-3-9-10-7(6)4-8-5;2*1-2/h2-4H,1H3,(H,9,10);2*1-2H3. The minimum Gasteiger partial charge on any atom is -0.276 e. The highest BCUT2D eigenvalue weighted by Gasteiger charge is 1.93. The van der Waals surface area contributed by atoms with Gasteiger partial charge < -0.3 is 0 Å². The molecular weight excluding hydrogens is 174 g/mol. The Labute approximate surface area is 85.6 Å². The zero-order valence-corrected chi connectivity index (χ0v) is 9.63. The molecule has 2 aromatic heterocycles. The first-order valence-corrected chi connectivity index (χ1v) is 5.12. The molecule has 0 spiro atoms. The monoisotopic (exact) mass is 193 g/mol. The highest BCUT2D eigenvalue weighted by Crippen LogP contribution is 2.08. The molecule has 0 saturated heterocycles. The topological polar surface area (TPSA) is 41.6 Å². The van der Waals surface area contributed by atoms with E-state index in [1.807, 2.05) is 40.7 Å². The van der Waals surface area contributed by atoms with Crippen LogP contribution in [-0.4, -0.2) is 15.2 Å². The number of aryl methyl sites for hydroxylation is 1. The number of aromatic nitrogens is 3. The Bertz CT molecular complexity index is 352. The third kappa shape index (κ3) is 3.17. The molecule has 0 radical (unpaired) electrons. The van der Waals surface area contributed by atoms with Gasteiger partial charge in [-0.15, -0.1) is 0 Å². The number of fused-ring (bicyclic) bond motifs is 1. The molecule has 0 unspecified atom stereocenters. The van der Waals surface area contributed by atoms with E-state index in [4.69, 9.17) is 0 Å². The minimum absolute atomic E-state index is 0.991. The van der Waals surface area contributed by atoms with Crippen LogP contribution < -0.4 is 0 Å². The summed E-state index contributed by atoms with van der Waals surface area (Å²) in [6.45, 7) is 9.96. The van der Waals surface area contributed by atoms with Gasteiger partial charge in [-0.3, -0.25) is 10.1 Å². The van der Waals surface area contributed by atoms with Gasteiger partial charge in [-0.05, 0) is 13.0 Å². The van der Waals surface area contributed by atoms with Crippen molar-refractivity contribution in [2.75, 3.05) is 0 Å². The predicted molar refractivity (Wildman–Crippen MR) is 61.3 cm³/mol. The zero-order valence-electron chi connectivity index (χ0n) is 9.63. The number of H-pyrrole nitrogens is 1. The zero-order chi connectivity index (χ0) is 11.0. The highest BCUT2D eigenvalue weighted by molar-refractivity contribution is 5.76. The summed E-state index contributed by atoms with van der Waals surface area (Å²) in [5.41, 5.74) is 2.01. The highest BCUT2D eigenvalue weighted by atomic mass is 15.1. The molecule has 3 nitrogen and oxygen atoms in total. The van der Waals surface area contributed by atoms with Gasteiger partial charge in [0.05, 0.1) is 17.9 Å². The first-order chi connectivity index (χ1) is 6.86. The normalized spacial score (nSPS) is 8.36. The van der Waals surface area contributed by atoms with Crippen molar-refractivity contribution in [3.05, 3.63) is 24.2 Å². The van der Waals surface area contributed by atoms with Crippen molar-refractivity contribution < 1.29 is 0 Å². The summed E-state index contributed by atoms with van der Waals surface area (Å²) < 4.78 is 0. The summed E-state index contributed by atoms with van der Waals surface area (Å²) in [6.07, 6.45) is 3.58. The van der Waals surface area contributed by atoms with E-state index in [-0.39, 0.29) is 0 Å². The lowest BCUT2D eigenvalue weighted by atomic mass is 10.3. The molecule has 0 atom stereocenters. The molecule has 1 N–H and O–H groups in total. The van der Waals surface area contributed by atoms with Crippen molar-refractivity contribution >= 4 is 10.9 Å². The quantitative estimate of drug-likeness (QED) is 0.697. The molecule has 2 heterocycles. The summed E-state index contributed by atoms with van der Waals surface area (Å²) in [5, 5.41) is 7.83. The van der Waals surface area contributed by atoms with Gasteiger partial charge in [-0.2, -0.15) is 5.10 Å². The Kier molecular flexibility index (Phi) is 6.37. The van der Waals surface area contributed by atoms with Gasteiger partial charge in [0.25, 0.3) is 0 Å². The molecule has 78 valence electrons. The van der Waals surface area contributed by atoms with Gasteiger partial charge in [-0.1, -0.05) is 27.7 Å². The predicted octanol–water partition coefficient (Wildman–Crippen LogP) is 3.32. The Hall–Kier alpha value is -1.38. The molecule has 0 amide bonds. The van der Waals surface area contributed by atoms with Crippen LogP contribution in [0.2, 0.25) is 0 Å². The van der Waals surface area contributed by atoms with Crippen LogP contribution >= 0.6 is 0 Å². The van der Waals surface area contributed by atoms with Crippen molar-refractivity contribution in [2.24, 2.45) is 0 Å². The van der Waals surface area contributed by atoms with Gasteiger partial charge in [0.1, 0.15) is 0 Å². The Morgan fingerprint density at radius 1 is 1.07 bits per heavy atom. The van der Waals surface area contributed by atoms with Crippen LogP contribution in [0.15, 0.2) is 18.5 Å². The average Bonchev–Trinajstić information content (AvgIpc) is 2.71. The minimum atomic E-state index is 0.991. The number of nitrogens with zero attached hydrogens (tertiary/aromatic N) is 2. The molecule has 0 aliphatic heterocycles. The maximum Gasteiger partial charge on any atom is 0.0833 e. The van der Waals surface area contributed by atoms with Crippen LogP contribution in [0.5, 0.6) is 0 Å². The first kappa shape index (κ1) is 12.6. The van der Waals surface area contributed by atoms with Crippen LogP contribution in [0.1, 0.15) is 33.4 Å². The van der Waals surface area contributed by atoms with Crippen LogP contribution in [0.4, 0.5) is 0 Å². The second-order valence-corrected chi connectivity index (χ2v) is 2.28. The lowest BCUT2D eigenvalue weighted by Crippen LogP contribution is -1.77. The van der Waals surface area contributed by atoms with E-state index in [9.17, 15) is 0 Å². The Morgan fingerprint density at radius 2 is 1.71 bits per heavy atom. The second kappa shape index (κ2) is 7.06. The third-order valence-electron chi connectivity index (χ3n) is 1.46. The molecule has 0 aromatic carbocycles. The fourth-order valence-corrected chi connectivity index (χ4v) is 0.953. The van der Waals surface area contributed by atoms with Gasteiger partial charge in [0.2, 0.25) is 0 Å². The maximum absolute atomic E-state index is 4.11. The summed E-state index contributed by atoms with van der Waals surface area (Å²) in [6, 6.07) is 2.00. The maximum atomic E-state index is 4.11. The van der Waals surface area contributed by atoms with Crippen molar-refractivity contribution in [3.8, 4) is 0 Å². The van der Waals surface area contributed by atoms with Crippen LogP contribution in [0.3, 0.4) is 0 Å². The molecule has 3 heteroatoms. The van der Waals surface area contributed by atoms with E-state index in [0.717, 1.165) is 16.6 Å². The first-order valence-electron chi connectivity index (χ1n) is 5.12. The average molecular weight is 193 g/mol. The molecule has 2 rings (SSSR count). The number of aromatic amines is 1. The van der Waals surface area contributed by atoms with Crippen LogP contribution in [0, 0.1) is 6.92 Å². The number of hydrogen-bond acceptors (Lipinski definition) is 2. The van der Waals surface area contributed by atoms with Crippen molar-refractivity contribution in [2.45, 2.75) is 34.6 Å². The number of pyridine rings is 1. The second-order valence-electron chi connectivity index (χ2n) is 2.28. The van der Waals surface area contributed by atoms with Gasteiger partial charge in [0, 0.05) is 11.1 Å². The van der Waals surface area contributed by atoms with Crippen molar-refractivity contribution in [1.82, 2.24) is 15.2 Å². The molecule has 2 aromatic rings. The van der Waals surface area contributed by atoms with E-state index < -0.39 is 0 Å². The summed E-state index contributed by atoms with van der Waals surface area (Å²) in [5.74, 6) is 0. The van der Waals surface area contributed by atoms with E-state index >= 15 is 0 Å². The smallest absolute Gasteiger partial charge is 0.0833 e. The van der Waals surface area contributed by atoms with Crippen molar-refractivity contribution in [1.29, 1.82) is 0 Å². The fraction of sp³-hybridized carbons (Fsp3) is 0.455. The fourth-order valence-electron chi connectivity index (χ4n) is 0.953. The number of rotatable bonds is 0. The Morgan fingerprint density at radius 3 is 2.36 bits per heavy atom. The third-order valence-corrected chi connectivity index (χ3v) is 1.46. The van der Waals surface area contributed by atoms with E-state index in [2.05, 4.69) is 15.2 Å². The summed E-state index contributed by atoms with van der Waals surface area (Å²) in [7, 11) is 0. The molecule has 0 bridgehead atoms. The van der Waals surface area contributed by atoms with Gasteiger partial charge in [0.15, 0.2) is 0 Å². The molecule has 0 aliphatic rings. The molecule has 0 aliphatic carbocycles. The lowest BCUT2D eigenvalue weighted by molar-refractivity contribution is 1.11. The molecule has 0 saturated carbocycles. The van der Waals surface area contributed by atoms with E-state index in [0.29, 0.717) is 0 Å². The van der Waals surface area contributed by atoms with Crippen LogP contribution in [0.25, 0.3) is 10.9 Å². The van der Waals surface area contributed by atoms with Gasteiger partial charge in [-0.25, -0.2) is 0 Å². The summed E-state index contributed by atoms with van der Waals surface area (Å²) >= 11 is 0. The van der Waals surface area contributed by atoms with E-state index in [1.54, 1.807) is 12.4 Å².